The van der Waals surface area contributed by atoms with Crippen molar-refractivity contribution in [1.82, 2.24) is 19.5 Å². The van der Waals surface area contributed by atoms with E-state index in [0.717, 1.165) is 33.8 Å². The van der Waals surface area contributed by atoms with E-state index in [2.05, 4.69) is 32.7 Å². The lowest BCUT2D eigenvalue weighted by atomic mass is 10.2. The van der Waals surface area contributed by atoms with Crippen LogP contribution in [0.3, 0.4) is 0 Å². The molecule has 4 aromatic rings. The fraction of sp³-hybridized carbons (Fsp3) is 0.0556. The Balaban J connectivity index is 2.10. The van der Waals surface area contributed by atoms with Crippen molar-refractivity contribution in [2.24, 2.45) is 0 Å². The number of hydrogen-bond acceptors (Lipinski definition) is 3. The van der Waals surface area contributed by atoms with E-state index in [1.165, 1.54) is 0 Å². The second kappa shape index (κ2) is 5.07. The molecule has 22 heavy (non-hydrogen) atoms. The smallest absolute Gasteiger partial charge is 0.145 e. The molecule has 0 amide bonds. The second-order valence-electron chi connectivity index (χ2n) is 5.12. The summed E-state index contributed by atoms with van der Waals surface area (Å²) >= 11 is 0. The van der Waals surface area contributed by atoms with E-state index in [1.54, 1.807) is 6.33 Å². The molecule has 0 aliphatic heterocycles. The van der Waals surface area contributed by atoms with Gasteiger partial charge in [0.1, 0.15) is 12.2 Å². The molecule has 2 heterocycles. The van der Waals surface area contributed by atoms with Crippen LogP contribution in [0.1, 0.15) is 5.69 Å². The number of aromatic nitrogens is 4. The van der Waals surface area contributed by atoms with E-state index in [4.69, 9.17) is 4.98 Å². The summed E-state index contributed by atoms with van der Waals surface area (Å²) in [6.07, 6.45) is 3.41. The van der Waals surface area contributed by atoms with Crippen molar-refractivity contribution in [3.8, 4) is 17.1 Å². The van der Waals surface area contributed by atoms with Crippen LogP contribution in [0.15, 0.2) is 67.1 Å². The molecule has 0 fully saturated rings. The number of nitrogens with zero attached hydrogens (tertiary/aromatic N) is 4. The molecule has 0 saturated carbocycles. The van der Waals surface area contributed by atoms with E-state index in [1.807, 2.05) is 49.5 Å². The van der Waals surface area contributed by atoms with Gasteiger partial charge in [0, 0.05) is 5.56 Å². The van der Waals surface area contributed by atoms with E-state index in [0.29, 0.717) is 0 Å². The lowest BCUT2D eigenvalue weighted by molar-refractivity contribution is 0.998. The molecule has 0 radical (unpaired) electrons. The van der Waals surface area contributed by atoms with Gasteiger partial charge in [0.15, 0.2) is 0 Å². The van der Waals surface area contributed by atoms with Crippen LogP contribution < -0.4 is 0 Å². The summed E-state index contributed by atoms with van der Waals surface area (Å²) in [5, 5.41) is 0. The summed E-state index contributed by atoms with van der Waals surface area (Å²) < 4.78 is 2.12. The highest BCUT2D eigenvalue weighted by atomic mass is 15.1. The van der Waals surface area contributed by atoms with Crippen molar-refractivity contribution in [1.29, 1.82) is 0 Å². The van der Waals surface area contributed by atoms with Gasteiger partial charge in [-0.1, -0.05) is 42.5 Å². The van der Waals surface area contributed by atoms with Crippen LogP contribution in [0, 0.1) is 6.92 Å². The Morgan fingerprint density at radius 1 is 0.909 bits per heavy atom. The predicted octanol–water partition coefficient (Wildman–Crippen LogP) is 3.79. The summed E-state index contributed by atoms with van der Waals surface area (Å²) in [6, 6.07) is 18.3. The molecular weight excluding hydrogens is 272 g/mol. The molecule has 2 aromatic heterocycles. The highest BCUT2D eigenvalue weighted by molar-refractivity contribution is 5.83. The number of para-hydroxylation sites is 2. The third-order valence-electron chi connectivity index (χ3n) is 3.72. The zero-order valence-corrected chi connectivity index (χ0v) is 12.1. The van der Waals surface area contributed by atoms with Crippen LogP contribution in [0.2, 0.25) is 0 Å². The standard InChI is InChI=1S/C18H14N4/c1-13-17(11-19-12-20-13)22-16-10-6-5-9-15(16)21-18(22)14-7-3-2-4-8-14/h2-12H,1H3. The van der Waals surface area contributed by atoms with Crippen LogP contribution in [0.5, 0.6) is 0 Å². The SMILES string of the molecule is Cc1ncncc1-n1c(-c2ccccc2)nc2ccccc21. The third kappa shape index (κ3) is 1.97. The van der Waals surface area contributed by atoms with Crippen molar-refractivity contribution < 1.29 is 0 Å². The van der Waals surface area contributed by atoms with Gasteiger partial charge in [0.05, 0.1) is 28.6 Å². The Bertz CT molecular complexity index is 942. The number of hydrogen-bond donors (Lipinski definition) is 0. The minimum absolute atomic E-state index is 0.903. The molecule has 0 aliphatic rings. The Morgan fingerprint density at radius 3 is 2.50 bits per heavy atom. The van der Waals surface area contributed by atoms with E-state index < -0.39 is 0 Å². The first-order chi connectivity index (χ1) is 10.8. The van der Waals surface area contributed by atoms with Crippen LogP contribution >= 0.6 is 0 Å². The first-order valence-electron chi connectivity index (χ1n) is 7.14. The Hall–Kier alpha value is -3.01. The highest BCUT2D eigenvalue weighted by Crippen LogP contribution is 2.28. The Kier molecular flexibility index (Phi) is 2.93. The van der Waals surface area contributed by atoms with Gasteiger partial charge in [-0.25, -0.2) is 15.0 Å². The third-order valence-corrected chi connectivity index (χ3v) is 3.72. The van der Waals surface area contributed by atoms with Gasteiger partial charge < -0.3 is 0 Å². The molecule has 0 spiro atoms. The fourth-order valence-corrected chi connectivity index (χ4v) is 2.65. The predicted molar refractivity (Wildman–Crippen MR) is 86.8 cm³/mol. The lowest BCUT2D eigenvalue weighted by Crippen LogP contribution is -2.02. The highest BCUT2D eigenvalue weighted by Gasteiger charge is 2.15. The molecule has 0 atom stereocenters. The first kappa shape index (κ1) is 12.7. The van der Waals surface area contributed by atoms with Crippen molar-refractivity contribution in [2.75, 3.05) is 0 Å². The zero-order valence-electron chi connectivity index (χ0n) is 12.1. The summed E-state index contributed by atoms with van der Waals surface area (Å²) in [4.78, 5) is 13.3. The zero-order chi connectivity index (χ0) is 14.9. The van der Waals surface area contributed by atoms with Gasteiger partial charge >= 0.3 is 0 Å². The van der Waals surface area contributed by atoms with E-state index >= 15 is 0 Å². The minimum Gasteiger partial charge on any atom is -0.289 e. The minimum atomic E-state index is 0.903. The number of fused-ring (bicyclic) bond motifs is 1. The summed E-state index contributed by atoms with van der Waals surface area (Å²) in [6.45, 7) is 1.99. The van der Waals surface area contributed by atoms with Crippen molar-refractivity contribution in [2.45, 2.75) is 6.92 Å². The molecule has 4 rings (SSSR count). The molecule has 106 valence electrons. The van der Waals surface area contributed by atoms with Gasteiger partial charge in [0.2, 0.25) is 0 Å². The van der Waals surface area contributed by atoms with Crippen molar-refractivity contribution in [3.05, 3.63) is 72.8 Å². The number of imidazole rings is 1. The van der Waals surface area contributed by atoms with Gasteiger partial charge in [-0.2, -0.15) is 0 Å². The van der Waals surface area contributed by atoms with Crippen LogP contribution in [-0.4, -0.2) is 19.5 Å². The van der Waals surface area contributed by atoms with Crippen molar-refractivity contribution >= 4 is 11.0 Å². The molecule has 4 nitrogen and oxygen atoms in total. The maximum absolute atomic E-state index is 4.81. The van der Waals surface area contributed by atoms with Crippen molar-refractivity contribution in [3.63, 3.8) is 0 Å². The van der Waals surface area contributed by atoms with E-state index in [9.17, 15) is 0 Å². The largest absolute Gasteiger partial charge is 0.289 e. The molecule has 0 unspecified atom stereocenters. The maximum Gasteiger partial charge on any atom is 0.145 e. The molecule has 2 aromatic carbocycles. The van der Waals surface area contributed by atoms with Gasteiger partial charge in [-0.3, -0.25) is 4.57 Å². The normalized spacial score (nSPS) is 11.0. The Labute approximate surface area is 128 Å². The number of aryl methyl sites for hydroxylation is 1. The summed E-state index contributed by atoms with van der Waals surface area (Å²) in [5.74, 6) is 0.903. The van der Waals surface area contributed by atoms with Gasteiger partial charge in [-0.05, 0) is 19.1 Å². The van der Waals surface area contributed by atoms with Gasteiger partial charge in [-0.15, -0.1) is 0 Å². The average Bonchev–Trinajstić information content (AvgIpc) is 2.95. The number of rotatable bonds is 2. The fourth-order valence-electron chi connectivity index (χ4n) is 2.65. The molecule has 4 heteroatoms. The molecule has 0 saturated heterocycles. The second-order valence-corrected chi connectivity index (χ2v) is 5.12. The first-order valence-corrected chi connectivity index (χ1v) is 7.14. The van der Waals surface area contributed by atoms with Gasteiger partial charge in [0.25, 0.3) is 0 Å². The number of benzene rings is 2. The van der Waals surface area contributed by atoms with Crippen LogP contribution in [0.25, 0.3) is 28.1 Å². The van der Waals surface area contributed by atoms with Crippen LogP contribution in [0.4, 0.5) is 0 Å². The summed E-state index contributed by atoms with van der Waals surface area (Å²) in [7, 11) is 0. The quantitative estimate of drug-likeness (QED) is 0.563. The molecule has 0 N–H and O–H groups in total. The Morgan fingerprint density at radius 2 is 1.68 bits per heavy atom. The molecule has 0 bridgehead atoms. The molecule has 0 aliphatic carbocycles. The van der Waals surface area contributed by atoms with Crippen LogP contribution in [-0.2, 0) is 0 Å². The average molecular weight is 286 g/mol. The van der Waals surface area contributed by atoms with E-state index in [-0.39, 0.29) is 0 Å². The summed E-state index contributed by atoms with van der Waals surface area (Å²) in [5.41, 5.74) is 4.97. The molecular formula is C18H14N4. The lowest BCUT2D eigenvalue weighted by Gasteiger charge is -2.10. The topological polar surface area (TPSA) is 43.6 Å². The monoisotopic (exact) mass is 286 g/mol. The maximum atomic E-state index is 4.81.